The Balaban J connectivity index is 1.85. The fourth-order valence-corrected chi connectivity index (χ4v) is 6.86. The lowest BCUT2D eigenvalue weighted by molar-refractivity contribution is -0.140. The van der Waals surface area contributed by atoms with E-state index in [9.17, 15) is 18.0 Å². The molecule has 8 nitrogen and oxygen atoms in total. The number of ether oxygens (including phenoxy) is 1. The van der Waals surface area contributed by atoms with Crippen molar-refractivity contribution in [3.63, 3.8) is 0 Å². The van der Waals surface area contributed by atoms with Crippen molar-refractivity contribution in [3.8, 4) is 5.75 Å². The fourth-order valence-electron chi connectivity index (χ4n) is 5.08. The number of methoxy groups -OCH3 is 1. The zero-order chi connectivity index (χ0) is 34.0. The first kappa shape index (κ1) is 35.8. The maximum Gasteiger partial charge on any atom is 0.264 e. The number of carbonyl (C=O) groups is 2. The number of unbranched alkanes of at least 4 members (excludes halogenated alkanes) is 1. The zero-order valence-corrected chi connectivity index (χ0v) is 29.0. The van der Waals surface area contributed by atoms with Gasteiger partial charge in [0.15, 0.2) is 0 Å². The van der Waals surface area contributed by atoms with E-state index < -0.39 is 28.5 Å². The van der Waals surface area contributed by atoms with Crippen LogP contribution in [0.2, 0.25) is 10.0 Å². The number of hydrogen-bond donors (Lipinski definition) is 1. The highest BCUT2D eigenvalue weighted by Gasteiger charge is 2.36. The molecule has 0 aliphatic carbocycles. The molecule has 248 valence electrons. The summed E-state index contributed by atoms with van der Waals surface area (Å²) < 4.78 is 35.2. The number of amides is 2. The first-order chi connectivity index (χ1) is 22.5. The first-order valence-corrected chi connectivity index (χ1v) is 17.5. The van der Waals surface area contributed by atoms with Crippen LogP contribution in [-0.2, 0) is 32.6 Å². The number of carbonyl (C=O) groups excluding carboxylic acids is 2. The van der Waals surface area contributed by atoms with Crippen LogP contribution in [0.15, 0.2) is 102 Å². The molecule has 4 rings (SSSR count). The van der Waals surface area contributed by atoms with Crippen LogP contribution in [0.1, 0.15) is 36.5 Å². The second kappa shape index (κ2) is 16.7. The van der Waals surface area contributed by atoms with Crippen LogP contribution in [0, 0.1) is 6.92 Å². The molecule has 0 aromatic heterocycles. The molecule has 0 heterocycles. The van der Waals surface area contributed by atoms with E-state index in [0.717, 1.165) is 28.3 Å². The number of nitrogens with one attached hydrogen (secondary N) is 1. The fraction of sp³-hybridized carbons (Fsp3) is 0.278. The lowest BCUT2D eigenvalue weighted by Crippen LogP contribution is -2.53. The molecule has 1 N–H and O–H groups in total. The minimum Gasteiger partial charge on any atom is -0.495 e. The molecule has 1 atom stereocenters. The van der Waals surface area contributed by atoms with Crippen molar-refractivity contribution in [1.82, 2.24) is 10.2 Å². The third-order valence-electron chi connectivity index (χ3n) is 7.70. The van der Waals surface area contributed by atoms with Gasteiger partial charge in [-0.25, -0.2) is 8.42 Å². The number of sulfonamides is 1. The summed E-state index contributed by atoms with van der Waals surface area (Å²) in [7, 11) is -2.92. The van der Waals surface area contributed by atoms with E-state index >= 15 is 0 Å². The number of anilines is 1. The highest BCUT2D eigenvalue weighted by atomic mass is 35.5. The normalized spacial score (nSPS) is 11.9. The molecular formula is C36H39Cl2N3O5S. The summed E-state index contributed by atoms with van der Waals surface area (Å²) in [6.45, 7) is 3.62. The van der Waals surface area contributed by atoms with Crippen molar-refractivity contribution in [1.29, 1.82) is 0 Å². The highest BCUT2D eigenvalue weighted by molar-refractivity contribution is 7.92. The summed E-state index contributed by atoms with van der Waals surface area (Å²) in [5, 5.41) is 3.64. The predicted molar refractivity (Wildman–Crippen MR) is 188 cm³/mol. The lowest BCUT2D eigenvalue weighted by Gasteiger charge is -2.34. The van der Waals surface area contributed by atoms with Gasteiger partial charge in [0.1, 0.15) is 18.3 Å². The maximum absolute atomic E-state index is 14.6. The van der Waals surface area contributed by atoms with Crippen LogP contribution in [-0.4, -0.2) is 51.4 Å². The summed E-state index contributed by atoms with van der Waals surface area (Å²) in [6.07, 6.45) is 1.83. The average Bonchev–Trinajstić information content (AvgIpc) is 3.06. The minimum absolute atomic E-state index is 0.0197. The van der Waals surface area contributed by atoms with E-state index in [1.54, 1.807) is 48.5 Å². The largest absolute Gasteiger partial charge is 0.495 e. The molecule has 0 fully saturated rings. The second-order valence-electron chi connectivity index (χ2n) is 11.1. The molecule has 0 spiro atoms. The Morgan fingerprint density at radius 3 is 2.26 bits per heavy atom. The number of benzene rings is 4. The number of aryl methyl sites for hydroxylation is 1. The van der Waals surface area contributed by atoms with E-state index in [1.165, 1.54) is 30.2 Å². The van der Waals surface area contributed by atoms with Crippen molar-refractivity contribution in [3.05, 3.63) is 124 Å². The molecule has 0 aliphatic heterocycles. The first-order valence-electron chi connectivity index (χ1n) is 15.3. The smallest absolute Gasteiger partial charge is 0.264 e. The van der Waals surface area contributed by atoms with Gasteiger partial charge < -0.3 is 15.0 Å². The molecule has 0 radical (unpaired) electrons. The highest BCUT2D eigenvalue weighted by Crippen LogP contribution is 2.35. The molecule has 11 heteroatoms. The Bertz CT molecular complexity index is 1770. The van der Waals surface area contributed by atoms with Crippen molar-refractivity contribution in [2.24, 2.45) is 0 Å². The average molecular weight is 697 g/mol. The Kier molecular flexibility index (Phi) is 12.7. The van der Waals surface area contributed by atoms with Gasteiger partial charge >= 0.3 is 0 Å². The van der Waals surface area contributed by atoms with E-state index in [1.807, 2.05) is 44.2 Å². The molecule has 0 unspecified atom stereocenters. The SMILES string of the molecule is CCCCNC(=O)[C@@H](Cc1ccccc1)N(Cc1ccccc1Cl)C(=O)CN(c1cc(Cl)ccc1OC)S(=O)(=O)c1ccc(C)cc1. The summed E-state index contributed by atoms with van der Waals surface area (Å²) >= 11 is 12.9. The molecule has 4 aromatic carbocycles. The number of halogens is 2. The molecule has 0 aliphatic rings. The number of rotatable bonds is 15. The van der Waals surface area contributed by atoms with Gasteiger partial charge in [0.25, 0.3) is 10.0 Å². The topological polar surface area (TPSA) is 96.0 Å². The predicted octanol–water partition coefficient (Wildman–Crippen LogP) is 7.06. The molecule has 0 saturated heterocycles. The Morgan fingerprint density at radius 2 is 1.60 bits per heavy atom. The van der Waals surface area contributed by atoms with Gasteiger partial charge in [-0.1, -0.05) is 103 Å². The second-order valence-corrected chi connectivity index (χ2v) is 13.8. The molecule has 47 heavy (non-hydrogen) atoms. The number of hydrogen-bond acceptors (Lipinski definition) is 5. The molecular weight excluding hydrogens is 657 g/mol. The van der Waals surface area contributed by atoms with Crippen molar-refractivity contribution in [2.75, 3.05) is 24.5 Å². The molecule has 0 bridgehead atoms. The third-order valence-corrected chi connectivity index (χ3v) is 10.1. The summed E-state index contributed by atoms with van der Waals surface area (Å²) in [5.74, 6) is -0.765. The Hall–Kier alpha value is -4.05. The van der Waals surface area contributed by atoms with Crippen LogP contribution in [0.4, 0.5) is 5.69 Å². The van der Waals surface area contributed by atoms with Crippen LogP contribution in [0.5, 0.6) is 5.75 Å². The van der Waals surface area contributed by atoms with Gasteiger partial charge in [-0.15, -0.1) is 0 Å². The molecule has 2 amide bonds. The van der Waals surface area contributed by atoms with Crippen molar-refractivity contribution < 1.29 is 22.7 Å². The van der Waals surface area contributed by atoms with E-state index in [0.29, 0.717) is 17.1 Å². The Morgan fingerprint density at radius 1 is 0.915 bits per heavy atom. The van der Waals surface area contributed by atoms with Gasteiger partial charge in [-0.2, -0.15) is 0 Å². The third kappa shape index (κ3) is 9.28. The summed E-state index contributed by atoms with van der Waals surface area (Å²) in [6, 6.07) is 26.3. The van der Waals surface area contributed by atoms with Crippen LogP contribution in [0.25, 0.3) is 0 Å². The van der Waals surface area contributed by atoms with E-state index in [2.05, 4.69) is 5.32 Å². The minimum atomic E-state index is -4.33. The van der Waals surface area contributed by atoms with E-state index in [4.69, 9.17) is 27.9 Å². The van der Waals surface area contributed by atoms with E-state index in [-0.39, 0.29) is 40.2 Å². The zero-order valence-electron chi connectivity index (χ0n) is 26.7. The van der Waals surface area contributed by atoms with Gasteiger partial charge in [0.05, 0.1) is 17.7 Å². The van der Waals surface area contributed by atoms with Crippen LogP contribution in [0.3, 0.4) is 0 Å². The maximum atomic E-state index is 14.6. The quantitative estimate of drug-likeness (QED) is 0.134. The molecule has 0 saturated carbocycles. The Labute approximate surface area is 287 Å². The van der Waals surface area contributed by atoms with Gasteiger partial charge in [-0.3, -0.25) is 13.9 Å². The van der Waals surface area contributed by atoms with Gasteiger partial charge in [0.2, 0.25) is 11.8 Å². The molecule has 4 aromatic rings. The van der Waals surface area contributed by atoms with Gasteiger partial charge in [-0.05, 0) is 60.9 Å². The van der Waals surface area contributed by atoms with Crippen molar-refractivity contribution in [2.45, 2.75) is 50.6 Å². The monoisotopic (exact) mass is 695 g/mol. The standard InChI is InChI=1S/C36H39Cl2N3O5S/c1-4-5-21-39-36(43)33(22-27-11-7-6-8-12-27)40(24-28-13-9-10-14-31(28)38)35(42)25-41(32-23-29(37)17-20-34(32)46-3)47(44,45)30-18-15-26(2)16-19-30/h6-20,23,33H,4-5,21-22,24-25H2,1-3H3,(H,39,43)/t33-/m1/s1. The van der Waals surface area contributed by atoms with Crippen molar-refractivity contribution >= 4 is 50.7 Å². The van der Waals surface area contributed by atoms with Crippen LogP contribution < -0.4 is 14.4 Å². The number of nitrogens with zero attached hydrogens (tertiary/aromatic N) is 2. The van der Waals surface area contributed by atoms with Crippen LogP contribution >= 0.6 is 23.2 Å². The summed E-state index contributed by atoms with van der Waals surface area (Å²) in [5.41, 5.74) is 2.39. The summed E-state index contributed by atoms with van der Waals surface area (Å²) in [4.78, 5) is 29.9. The van der Waals surface area contributed by atoms with Gasteiger partial charge in [0, 0.05) is 29.6 Å². The lowest BCUT2D eigenvalue weighted by atomic mass is 10.0.